The van der Waals surface area contributed by atoms with Crippen molar-refractivity contribution in [2.24, 2.45) is 0 Å². The first-order valence-electron chi connectivity index (χ1n) is 3.91. The molecule has 2 rings (SSSR count). The van der Waals surface area contributed by atoms with Gasteiger partial charge in [0.1, 0.15) is 0 Å². The minimum atomic E-state index is -3.19. The molecule has 0 bridgehead atoms. The number of carbonyl (C=O) groups excluding carboxylic acids is 1. The molecule has 0 aromatic carbocycles. The molecule has 0 N–H and O–H groups in total. The van der Waals surface area contributed by atoms with Gasteiger partial charge in [-0.05, 0) is 12.8 Å². The Morgan fingerprint density at radius 2 is 2.08 bits per heavy atom. The summed E-state index contributed by atoms with van der Waals surface area (Å²) < 4.78 is 23.4. The molecular weight excluding hydrogens is 208 g/mol. The topological polar surface area (TPSA) is 51.2 Å². The van der Waals surface area contributed by atoms with Crippen LogP contribution in [0.15, 0.2) is 15.7 Å². The summed E-state index contributed by atoms with van der Waals surface area (Å²) in [4.78, 5) is 10.7. The summed E-state index contributed by atoms with van der Waals surface area (Å²) in [5, 5.41) is 2.88. The molecule has 1 aromatic rings. The summed E-state index contributed by atoms with van der Waals surface area (Å²) >= 11 is 1.25. The van der Waals surface area contributed by atoms with Gasteiger partial charge < -0.3 is 0 Å². The fraction of sp³-hybridized carbons (Fsp3) is 0.375. The van der Waals surface area contributed by atoms with Crippen molar-refractivity contribution in [3.63, 3.8) is 0 Å². The van der Waals surface area contributed by atoms with Gasteiger partial charge in [-0.3, -0.25) is 4.79 Å². The van der Waals surface area contributed by atoms with Crippen molar-refractivity contribution in [3.05, 3.63) is 16.3 Å². The van der Waals surface area contributed by atoms with E-state index in [9.17, 15) is 13.2 Å². The molecule has 0 saturated heterocycles. The average molecular weight is 216 g/mol. The number of hydrogen-bond donors (Lipinski definition) is 0. The molecule has 0 spiro atoms. The van der Waals surface area contributed by atoms with E-state index < -0.39 is 9.84 Å². The van der Waals surface area contributed by atoms with Crippen LogP contribution < -0.4 is 0 Å². The largest absolute Gasteiger partial charge is 0.298 e. The van der Waals surface area contributed by atoms with Crippen LogP contribution in [0.1, 0.15) is 23.2 Å². The van der Waals surface area contributed by atoms with Crippen LogP contribution in [0, 0.1) is 0 Å². The zero-order valence-corrected chi connectivity index (χ0v) is 8.40. The Morgan fingerprint density at radius 3 is 2.62 bits per heavy atom. The molecule has 1 heterocycles. The lowest BCUT2D eigenvalue weighted by Gasteiger charge is -1.98. The van der Waals surface area contributed by atoms with E-state index >= 15 is 0 Å². The lowest BCUT2D eigenvalue weighted by molar-refractivity contribution is 0.112. The van der Waals surface area contributed by atoms with E-state index in [1.165, 1.54) is 16.7 Å². The Bertz CT molecular complexity index is 426. The van der Waals surface area contributed by atoms with Gasteiger partial charge in [0.15, 0.2) is 16.1 Å². The van der Waals surface area contributed by atoms with Crippen LogP contribution in [-0.2, 0) is 9.84 Å². The predicted octanol–water partition coefficient (Wildman–Crippen LogP) is 1.50. The van der Waals surface area contributed by atoms with Gasteiger partial charge in [0.2, 0.25) is 0 Å². The van der Waals surface area contributed by atoms with Crippen molar-refractivity contribution in [2.75, 3.05) is 0 Å². The summed E-state index contributed by atoms with van der Waals surface area (Å²) in [5.41, 5.74) is 0.303. The third-order valence-corrected chi connectivity index (χ3v) is 5.28. The van der Waals surface area contributed by atoms with Crippen LogP contribution in [0.4, 0.5) is 0 Å². The van der Waals surface area contributed by atoms with E-state index in [0.29, 0.717) is 11.8 Å². The highest BCUT2D eigenvalue weighted by Crippen LogP contribution is 2.35. The van der Waals surface area contributed by atoms with Crippen LogP contribution in [0.5, 0.6) is 0 Å². The molecular formula is C8H8O3S2. The minimum absolute atomic E-state index is 0.218. The monoisotopic (exact) mass is 216 g/mol. The molecule has 0 aliphatic heterocycles. The molecule has 0 radical (unpaired) electrons. The highest BCUT2D eigenvalue weighted by molar-refractivity contribution is 7.92. The molecule has 1 fully saturated rings. The molecule has 1 aliphatic rings. The molecule has 1 aliphatic carbocycles. The molecule has 3 nitrogen and oxygen atoms in total. The van der Waals surface area contributed by atoms with Crippen molar-refractivity contribution < 1.29 is 13.2 Å². The first kappa shape index (κ1) is 8.90. The van der Waals surface area contributed by atoms with Crippen molar-refractivity contribution in [1.29, 1.82) is 0 Å². The van der Waals surface area contributed by atoms with Gasteiger partial charge in [-0.25, -0.2) is 8.42 Å². The Balaban J connectivity index is 2.50. The summed E-state index contributed by atoms with van der Waals surface area (Å²) in [7, 11) is -3.19. The zero-order chi connectivity index (χ0) is 9.47. The third kappa shape index (κ3) is 1.42. The first-order chi connectivity index (χ1) is 6.16. The van der Waals surface area contributed by atoms with Crippen molar-refractivity contribution >= 4 is 27.5 Å². The van der Waals surface area contributed by atoms with Crippen LogP contribution >= 0.6 is 11.3 Å². The summed E-state index contributed by atoms with van der Waals surface area (Å²) in [6.07, 6.45) is 2.07. The van der Waals surface area contributed by atoms with Crippen LogP contribution in [-0.4, -0.2) is 20.0 Å². The summed E-state index contributed by atoms with van der Waals surface area (Å²) in [5.74, 6) is 0. The molecule has 0 amide bonds. The summed E-state index contributed by atoms with van der Waals surface area (Å²) in [6, 6.07) is 0. The zero-order valence-electron chi connectivity index (χ0n) is 6.76. The van der Waals surface area contributed by atoms with Gasteiger partial charge >= 0.3 is 0 Å². The average Bonchev–Trinajstić information content (AvgIpc) is 2.84. The summed E-state index contributed by atoms with van der Waals surface area (Å²) in [6.45, 7) is 0. The van der Waals surface area contributed by atoms with E-state index in [4.69, 9.17) is 0 Å². The smallest absolute Gasteiger partial charge is 0.182 e. The maximum absolute atomic E-state index is 11.7. The Labute approximate surface area is 80.3 Å². The van der Waals surface area contributed by atoms with Gasteiger partial charge in [0.05, 0.1) is 10.1 Å². The number of thiophene rings is 1. The van der Waals surface area contributed by atoms with Gasteiger partial charge in [-0.1, -0.05) is 0 Å². The normalized spacial score (nSPS) is 17.2. The second-order valence-corrected chi connectivity index (χ2v) is 5.99. The van der Waals surface area contributed by atoms with Crippen LogP contribution in [0.2, 0.25) is 0 Å². The Morgan fingerprint density at radius 1 is 1.38 bits per heavy atom. The number of hydrogen-bond acceptors (Lipinski definition) is 4. The molecule has 0 unspecified atom stereocenters. The standard InChI is InChI=1S/C8H8O3S2/c9-3-6-4-12-5-8(6)13(10,11)7-1-2-7/h3-5,7H,1-2H2. The quantitative estimate of drug-likeness (QED) is 0.719. The molecule has 5 heteroatoms. The lowest BCUT2D eigenvalue weighted by atomic mass is 10.4. The van der Waals surface area contributed by atoms with Gasteiger partial charge in [0.25, 0.3) is 0 Å². The van der Waals surface area contributed by atoms with E-state index in [1.807, 2.05) is 0 Å². The molecule has 1 aromatic heterocycles. The lowest BCUT2D eigenvalue weighted by Crippen LogP contribution is -2.07. The molecule has 1 saturated carbocycles. The third-order valence-electron chi connectivity index (χ3n) is 2.05. The predicted molar refractivity (Wildman–Crippen MR) is 49.9 cm³/mol. The number of aldehydes is 1. The van der Waals surface area contributed by atoms with E-state index in [1.54, 1.807) is 5.38 Å². The van der Waals surface area contributed by atoms with Crippen molar-refractivity contribution in [1.82, 2.24) is 0 Å². The number of rotatable bonds is 3. The van der Waals surface area contributed by atoms with Gasteiger partial charge in [-0.2, -0.15) is 11.3 Å². The fourth-order valence-corrected chi connectivity index (χ4v) is 4.16. The Hall–Kier alpha value is -0.680. The molecule has 13 heavy (non-hydrogen) atoms. The van der Waals surface area contributed by atoms with Crippen molar-refractivity contribution in [3.8, 4) is 0 Å². The SMILES string of the molecule is O=Cc1cscc1S(=O)(=O)C1CC1. The molecule has 0 atom stereocenters. The van der Waals surface area contributed by atoms with Crippen LogP contribution in [0.3, 0.4) is 0 Å². The maximum Gasteiger partial charge on any atom is 0.182 e. The van der Waals surface area contributed by atoms with Crippen LogP contribution in [0.25, 0.3) is 0 Å². The molecule has 70 valence electrons. The van der Waals surface area contributed by atoms with E-state index in [0.717, 1.165) is 12.8 Å². The van der Waals surface area contributed by atoms with E-state index in [-0.39, 0.29) is 10.1 Å². The highest BCUT2D eigenvalue weighted by Gasteiger charge is 2.38. The Kier molecular flexibility index (Phi) is 2.00. The maximum atomic E-state index is 11.7. The van der Waals surface area contributed by atoms with Gasteiger partial charge in [-0.15, -0.1) is 0 Å². The highest BCUT2D eigenvalue weighted by atomic mass is 32.2. The second-order valence-electron chi connectivity index (χ2n) is 3.05. The van der Waals surface area contributed by atoms with Crippen molar-refractivity contribution in [2.45, 2.75) is 23.0 Å². The van der Waals surface area contributed by atoms with E-state index in [2.05, 4.69) is 0 Å². The minimum Gasteiger partial charge on any atom is -0.298 e. The second kappa shape index (κ2) is 2.92. The van der Waals surface area contributed by atoms with Gasteiger partial charge in [0, 0.05) is 16.3 Å². The number of carbonyl (C=O) groups is 1. The number of sulfone groups is 1. The first-order valence-corrected chi connectivity index (χ1v) is 6.40. The fourth-order valence-electron chi connectivity index (χ4n) is 1.17.